The van der Waals surface area contributed by atoms with E-state index in [4.69, 9.17) is 0 Å². The van der Waals surface area contributed by atoms with Gasteiger partial charge in [0.05, 0.1) is 35.9 Å². The molecule has 1 aliphatic rings. The van der Waals surface area contributed by atoms with Crippen LogP contribution in [0.4, 0.5) is 30.6 Å². The highest BCUT2D eigenvalue weighted by Crippen LogP contribution is 2.38. The lowest BCUT2D eigenvalue weighted by atomic mass is 10.1. The second-order valence-electron chi connectivity index (χ2n) is 5.69. The maximum atomic E-state index is 14.2. The Hall–Kier alpha value is -3.75. The van der Waals surface area contributed by atoms with Gasteiger partial charge in [0.2, 0.25) is 0 Å². The van der Waals surface area contributed by atoms with E-state index in [-0.39, 0.29) is 11.4 Å². The summed E-state index contributed by atoms with van der Waals surface area (Å²) in [6.07, 6.45) is 0.864. The number of aromatic nitrogens is 2. The van der Waals surface area contributed by atoms with Crippen molar-refractivity contribution in [2.75, 3.05) is 17.7 Å². The van der Waals surface area contributed by atoms with Crippen LogP contribution in [0.3, 0.4) is 0 Å². The number of nitrogens with one attached hydrogen (secondary N) is 3. The Morgan fingerprint density at radius 1 is 1.19 bits per heavy atom. The van der Waals surface area contributed by atoms with Gasteiger partial charge < -0.3 is 10.1 Å². The van der Waals surface area contributed by atoms with Crippen molar-refractivity contribution in [2.45, 2.75) is 0 Å². The molecule has 0 aliphatic carbocycles. The Labute approximate surface area is 152 Å². The van der Waals surface area contributed by atoms with Crippen LogP contribution in [0.15, 0.2) is 47.6 Å². The molecular weight excluding hydrogens is 356 g/mol. The molecule has 0 unspecified atom stereocenters. The average molecular weight is 369 g/mol. The largest absolute Gasteiger partial charge is 0.453 e. The standard InChI is InChI=1S/C18H13F2N5O2/c1-27-18(26)22-9-5-6-13-10(7-9)16-14(8-21-25-16)24-17(23-13)15-11(19)3-2-4-12(15)20/h2-8H,1H3,(H,21,25)(H,22,26)(H,23,24). The van der Waals surface area contributed by atoms with E-state index in [0.717, 1.165) is 12.1 Å². The predicted molar refractivity (Wildman–Crippen MR) is 96.2 cm³/mol. The summed E-state index contributed by atoms with van der Waals surface area (Å²) in [5.41, 5.74) is 2.29. The van der Waals surface area contributed by atoms with Gasteiger partial charge in [-0.25, -0.2) is 18.6 Å². The second kappa shape index (κ2) is 6.52. The minimum absolute atomic E-state index is 0.0145. The van der Waals surface area contributed by atoms with Crippen LogP contribution in [-0.2, 0) is 4.74 Å². The zero-order valence-electron chi connectivity index (χ0n) is 14.0. The Morgan fingerprint density at radius 2 is 1.96 bits per heavy atom. The number of anilines is 2. The van der Waals surface area contributed by atoms with Crippen molar-refractivity contribution in [3.63, 3.8) is 0 Å². The van der Waals surface area contributed by atoms with Gasteiger partial charge in [-0.1, -0.05) is 6.07 Å². The van der Waals surface area contributed by atoms with Gasteiger partial charge in [-0.05, 0) is 30.3 Å². The molecule has 0 radical (unpaired) electrons. The molecule has 0 saturated heterocycles. The highest BCUT2D eigenvalue weighted by molar-refractivity contribution is 6.13. The molecule has 3 N–H and O–H groups in total. The number of carbonyl (C=O) groups excluding carboxylic acids is 1. The van der Waals surface area contributed by atoms with Crippen molar-refractivity contribution in [1.29, 1.82) is 0 Å². The smallest absolute Gasteiger partial charge is 0.411 e. The molecule has 9 heteroatoms. The van der Waals surface area contributed by atoms with E-state index in [2.05, 4.69) is 30.6 Å². The van der Waals surface area contributed by atoms with Crippen LogP contribution >= 0.6 is 0 Å². The molecule has 0 atom stereocenters. The lowest BCUT2D eigenvalue weighted by Crippen LogP contribution is -2.16. The highest BCUT2D eigenvalue weighted by atomic mass is 19.1. The van der Waals surface area contributed by atoms with Gasteiger partial charge in [-0.15, -0.1) is 0 Å². The monoisotopic (exact) mass is 369 g/mol. The van der Waals surface area contributed by atoms with Crippen molar-refractivity contribution in [3.05, 3.63) is 59.8 Å². The highest BCUT2D eigenvalue weighted by Gasteiger charge is 2.23. The minimum Gasteiger partial charge on any atom is -0.453 e. The van der Waals surface area contributed by atoms with Gasteiger partial charge in [-0.3, -0.25) is 10.4 Å². The molecule has 7 nitrogen and oxygen atoms in total. The Morgan fingerprint density at radius 3 is 2.70 bits per heavy atom. The Balaban J connectivity index is 1.87. The van der Waals surface area contributed by atoms with Crippen molar-refractivity contribution in [2.24, 2.45) is 4.99 Å². The van der Waals surface area contributed by atoms with E-state index in [0.29, 0.717) is 28.3 Å². The molecule has 136 valence electrons. The van der Waals surface area contributed by atoms with E-state index in [1.54, 1.807) is 18.2 Å². The number of aromatic amines is 1. The second-order valence-corrected chi connectivity index (χ2v) is 5.69. The molecular formula is C18H13F2N5O2. The Kier molecular flexibility index (Phi) is 4.03. The summed E-state index contributed by atoms with van der Waals surface area (Å²) < 4.78 is 33.1. The molecule has 0 bridgehead atoms. The third-order valence-corrected chi connectivity index (χ3v) is 4.02. The quantitative estimate of drug-likeness (QED) is 0.636. The van der Waals surface area contributed by atoms with E-state index in [1.807, 2.05) is 0 Å². The Bertz CT molecular complexity index is 1060. The van der Waals surface area contributed by atoms with Crippen molar-refractivity contribution < 1.29 is 18.3 Å². The summed E-state index contributed by atoms with van der Waals surface area (Å²) in [5.74, 6) is -1.46. The number of nitrogens with zero attached hydrogens (tertiary/aromatic N) is 2. The van der Waals surface area contributed by atoms with Gasteiger partial charge >= 0.3 is 6.09 Å². The molecule has 2 aromatic carbocycles. The first-order valence-corrected chi connectivity index (χ1v) is 7.89. The third kappa shape index (κ3) is 2.99. The zero-order valence-corrected chi connectivity index (χ0v) is 14.0. The number of amidine groups is 1. The molecule has 3 aromatic rings. The predicted octanol–water partition coefficient (Wildman–Crippen LogP) is 4.04. The molecule has 1 aromatic heterocycles. The fourth-order valence-electron chi connectivity index (χ4n) is 2.79. The number of hydrogen-bond donors (Lipinski definition) is 3. The zero-order chi connectivity index (χ0) is 19.0. The number of benzene rings is 2. The molecule has 1 amide bonds. The van der Waals surface area contributed by atoms with Crippen molar-refractivity contribution in [3.8, 4) is 11.3 Å². The minimum atomic E-state index is -0.737. The molecule has 1 aliphatic heterocycles. The van der Waals surface area contributed by atoms with Gasteiger partial charge in [0.1, 0.15) is 17.5 Å². The topological polar surface area (TPSA) is 91.4 Å². The van der Waals surface area contributed by atoms with Crippen LogP contribution < -0.4 is 10.6 Å². The lowest BCUT2D eigenvalue weighted by Gasteiger charge is -2.09. The average Bonchev–Trinajstić information content (AvgIpc) is 3.05. The first kappa shape index (κ1) is 16.7. The first-order valence-electron chi connectivity index (χ1n) is 7.89. The van der Waals surface area contributed by atoms with E-state index in [1.165, 1.54) is 19.4 Å². The number of carbonyl (C=O) groups is 1. The van der Waals surface area contributed by atoms with Crippen LogP contribution in [0.25, 0.3) is 11.3 Å². The summed E-state index contributed by atoms with van der Waals surface area (Å²) in [5, 5.41) is 12.3. The number of H-pyrrole nitrogens is 1. The van der Waals surface area contributed by atoms with Crippen LogP contribution in [0.1, 0.15) is 5.56 Å². The number of fused-ring (bicyclic) bond motifs is 3. The summed E-state index contributed by atoms with van der Waals surface area (Å²) in [4.78, 5) is 15.8. The third-order valence-electron chi connectivity index (χ3n) is 4.02. The van der Waals surface area contributed by atoms with Gasteiger partial charge in [0, 0.05) is 11.3 Å². The van der Waals surface area contributed by atoms with Gasteiger partial charge in [0.25, 0.3) is 0 Å². The number of halogens is 2. The van der Waals surface area contributed by atoms with E-state index in [9.17, 15) is 13.6 Å². The van der Waals surface area contributed by atoms with E-state index >= 15 is 0 Å². The molecule has 0 saturated carbocycles. The molecule has 4 rings (SSSR count). The molecule has 2 heterocycles. The van der Waals surface area contributed by atoms with Crippen molar-refractivity contribution >= 4 is 29.0 Å². The van der Waals surface area contributed by atoms with Crippen LogP contribution in [-0.4, -0.2) is 29.2 Å². The number of hydrogen-bond acceptors (Lipinski definition) is 5. The van der Waals surface area contributed by atoms with Crippen LogP contribution in [0.5, 0.6) is 0 Å². The maximum absolute atomic E-state index is 14.2. The molecule has 27 heavy (non-hydrogen) atoms. The van der Waals surface area contributed by atoms with Crippen LogP contribution in [0, 0.1) is 11.6 Å². The number of ether oxygens (including phenoxy) is 1. The van der Waals surface area contributed by atoms with Crippen molar-refractivity contribution in [1.82, 2.24) is 10.2 Å². The summed E-state index contributed by atoms with van der Waals surface area (Å²) in [6.45, 7) is 0. The molecule has 0 fully saturated rings. The molecule has 0 spiro atoms. The van der Waals surface area contributed by atoms with E-state index < -0.39 is 17.7 Å². The number of rotatable bonds is 2. The lowest BCUT2D eigenvalue weighted by molar-refractivity contribution is 0.187. The summed E-state index contributed by atoms with van der Waals surface area (Å²) >= 11 is 0. The number of aliphatic imine (C=N–C) groups is 1. The SMILES string of the molecule is COC(=O)Nc1ccc2c(c1)-c1[nH]ncc1NC(c1c(F)cccc1F)=N2. The number of methoxy groups -OCH3 is 1. The first-order chi connectivity index (χ1) is 13.1. The van der Waals surface area contributed by atoms with Crippen LogP contribution in [0.2, 0.25) is 0 Å². The van der Waals surface area contributed by atoms with Gasteiger partial charge in [-0.2, -0.15) is 5.10 Å². The fraction of sp³-hybridized carbons (Fsp3) is 0.0556. The fourth-order valence-corrected chi connectivity index (χ4v) is 2.79. The normalized spacial score (nSPS) is 12.2. The maximum Gasteiger partial charge on any atom is 0.411 e. The summed E-state index contributed by atoms with van der Waals surface area (Å²) in [7, 11) is 1.26. The van der Waals surface area contributed by atoms with Gasteiger partial charge in [0.15, 0.2) is 0 Å². The summed E-state index contributed by atoms with van der Waals surface area (Å²) in [6, 6.07) is 8.50. The number of amides is 1.